The van der Waals surface area contributed by atoms with Crippen molar-refractivity contribution in [3.8, 4) is 5.82 Å². The molecule has 0 saturated carbocycles. The van der Waals surface area contributed by atoms with Gasteiger partial charge < -0.3 is 14.7 Å². The highest BCUT2D eigenvalue weighted by molar-refractivity contribution is 5.80. The summed E-state index contributed by atoms with van der Waals surface area (Å²) in [5.41, 5.74) is -0.128. The molecule has 0 spiro atoms. The highest BCUT2D eigenvalue weighted by Crippen LogP contribution is 2.32. The fourth-order valence-corrected chi connectivity index (χ4v) is 4.64. The number of rotatable bonds is 4. The predicted molar refractivity (Wildman–Crippen MR) is 122 cm³/mol. The lowest BCUT2D eigenvalue weighted by molar-refractivity contribution is -0.137. The lowest BCUT2D eigenvalue weighted by Gasteiger charge is -2.40. The van der Waals surface area contributed by atoms with Crippen molar-refractivity contribution >= 4 is 17.4 Å². The van der Waals surface area contributed by atoms with Crippen LogP contribution >= 0.6 is 0 Å². The normalized spacial score (nSPS) is 19.2. The van der Waals surface area contributed by atoms with E-state index >= 15 is 0 Å². The van der Waals surface area contributed by atoms with Crippen molar-refractivity contribution in [2.24, 2.45) is 5.92 Å². The predicted octanol–water partition coefficient (Wildman–Crippen LogP) is 2.64. The summed E-state index contributed by atoms with van der Waals surface area (Å²) in [6.45, 7) is 3.32. The number of anilines is 2. The number of hydrogen-bond donors (Lipinski definition) is 0. The first-order chi connectivity index (χ1) is 16.9. The van der Waals surface area contributed by atoms with E-state index in [1.165, 1.54) is 23.1 Å². The molecule has 0 N–H and O–H groups in total. The number of aromatic nitrogens is 5. The van der Waals surface area contributed by atoms with E-state index in [1.54, 1.807) is 12.4 Å². The number of amides is 1. The zero-order valence-corrected chi connectivity index (χ0v) is 19.0. The topological polar surface area (TPSA) is 83.3 Å². The first-order valence-electron chi connectivity index (χ1n) is 11.5. The van der Waals surface area contributed by atoms with Gasteiger partial charge >= 0.3 is 6.18 Å². The Kier molecular flexibility index (Phi) is 6.27. The standard InChI is InChI=1S/C23H25F3N8O/c24-23(25,26)18-4-1-5-19(13-18)31-9-11-32(12-10-31)22(35)17-3-2-8-33(14-17)20-6-7-21(30-29-20)34-16-27-15-28-34/h1,4-7,13,15-17H,2-3,8-12,14H2. The fourth-order valence-electron chi connectivity index (χ4n) is 4.64. The third kappa shape index (κ3) is 5.05. The molecule has 12 heteroatoms. The van der Waals surface area contributed by atoms with E-state index in [4.69, 9.17) is 0 Å². The molecular formula is C23H25F3N8O. The van der Waals surface area contributed by atoms with Crippen LogP contribution in [0.5, 0.6) is 0 Å². The second kappa shape index (κ2) is 9.51. The molecule has 2 aliphatic heterocycles. The molecule has 35 heavy (non-hydrogen) atoms. The third-order valence-electron chi connectivity index (χ3n) is 6.51. The van der Waals surface area contributed by atoms with Crippen LogP contribution in [0, 0.1) is 5.92 Å². The minimum Gasteiger partial charge on any atom is -0.368 e. The SMILES string of the molecule is O=C(C1CCCN(c2ccc(-n3cncn3)nn2)C1)N1CCN(c2cccc(C(F)(F)F)c2)CC1. The largest absolute Gasteiger partial charge is 0.416 e. The number of halogens is 3. The summed E-state index contributed by atoms with van der Waals surface area (Å²) in [4.78, 5) is 23.0. The Labute approximate surface area is 200 Å². The van der Waals surface area contributed by atoms with Gasteiger partial charge in [-0.3, -0.25) is 4.79 Å². The summed E-state index contributed by atoms with van der Waals surface area (Å²) >= 11 is 0. The van der Waals surface area contributed by atoms with E-state index in [1.807, 2.05) is 21.9 Å². The van der Waals surface area contributed by atoms with E-state index in [9.17, 15) is 18.0 Å². The highest BCUT2D eigenvalue weighted by Gasteiger charge is 2.33. The van der Waals surface area contributed by atoms with Crippen LogP contribution in [-0.2, 0) is 11.0 Å². The molecular weight excluding hydrogens is 461 g/mol. The van der Waals surface area contributed by atoms with Crippen molar-refractivity contribution in [3.63, 3.8) is 0 Å². The Balaban J connectivity index is 1.18. The molecule has 9 nitrogen and oxygen atoms in total. The fraction of sp³-hybridized carbons (Fsp3) is 0.435. The van der Waals surface area contributed by atoms with E-state index in [0.29, 0.717) is 50.0 Å². The molecule has 2 aliphatic rings. The molecule has 3 aromatic rings. The Morgan fingerprint density at radius 2 is 1.71 bits per heavy atom. The molecule has 1 amide bonds. The maximum absolute atomic E-state index is 13.2. The van der Waals surface area contributed by atoms with E-state index < -0.39 is 11.7 Å². The van der Waals surface area contributed by atoms with Crippen LogP contribution in [0.25, 0.3) is 5.82 Å². The molecule has 2 saturated heterocycles. The monoisotopic (exact) mass is 486 g/mol. The van der Waals surface area contributed by atoms with Crippen LogP contribution in [0.2, 0.25) is 0 Å². The van der Waals surface area contributed by atoms with Crippen molar-refractivity contribution in [1.82, 2.24) is 29.9 Å². The van der Waals surface area contributed by atoms with Gasteiger partial charge in [0.25, 0.3) is 0 Å². The number of carbonyl (C=O) groups is 1. The van der Waals surface area contributed by atoms with Gasteiger partial charge in [0.15, 0.2) is 11.6 Å². The van der Waals surface area contributed by atoms with Gasteiger partial charge in [-0.1, -0.05) is 6.07 Å². The Hall–Kier alpha value is -3.70. The Morgan fingerprint density at radius 1 is 0.943 bits per heavy atom. The van der Waals surface area contributed by atoms with Crippen LogP contribution in [0.3, 0.4) is 0 Å². The average molecular weight is 487 g/mol. The minimum absolute atomic E-state index is 0.0885. The molecule has 1 atom stereocenters. The summed E-state index contributed by atoms with van der Waals surface area (Å²) in [7, 11) is 0. The molecule has 0 aliphatic carbocycles. The molecule has 184 valence electrons. The summed E-state index contributed by atoms with van der Waals surface area (Å²) in [5.74, 6) is 1.21. The minimum atomic E-state index is -4.37. The molecule has 4 heterocycles. The molecule has 0 bridgehead atoms. The van der Waals surface area contributed by atoms with Gasteiger partial charge in [0.2, 0.25) is 5.91 Å². The molecule has 2 fully saturated rings. The Bertz CT molecular complexity index is 1140. The highest BCUT2D eigenvalue weighted by atomic mass is 19.4. The van der Waals surface area contributed by atoms with Gasteiger partial charge in [0, 0.05) is 45.0 Å². The summed E-state index contributed by atoms with van der Waals surface area (Å²) in [6, 6.07) is 9.03. The molecule has 1 aromatic carbocycles. The third-order valence-corrected chi connectivity index (χ3v) is 6.51. The van der Waals surface area contributed by atoms with Crippen LogP contribution in [-0.4, -0.2) is 75.0 Å². The zero-order valence-electron chi connectivity index (χ0n) is 19.0. The van der Waals surface area contributed by atoms with E-state index in [2.05, 4.69) is 25.2 Å². The first-order valence-corrected chi connectivity index (χ1v) is 11.5. The van der Waals surface area contributed by atoms with E-state index in [-0.39, 0.29) is 11.8 Å². The maximum atomic E-state index is 13.2. The van der Waals surface area contributed by atoms with Crippen molar-refractivity contribution in [3.05, 3.63) is 54.6 Å². The second-order valence-electron chi connectivity index (χ2n) is 8.74. The van der Waals surface area contributed by atoms with Crippen molar-refractivity contribution < 1.29 is 18.0 Å². The zero-order chi connectivity index (χ0) is 24.4. The van der Waals surface area contributed by atoms with Gasteiger partial charge in [0.1, 0.15) is 12.7 Å². The summed E-state index contributed by atoms with van der Waals surface area (Å²) < 4.78 is 40.7. The number of nitrogens with zero attached hydrogens (tertiary/aromatic N) is 8. The van der Waals surface area contributed by atoms with Crippen molar-refractivity contribution in [2.45, 2.75) is 19.0 Å². The molecule has 5 rings (SSSR count). The molecule has 1 unspecified atom stereocenters. The quantitative estimate of drug-likeness (QED) is 0.561. The Morgan fingerprint density at radius 3 is 2.40 bits per heavy atom. The average Bonchev–Trinajstić information content (AvgIpc) is 3.43. The first kappa shape index (κ1) is 23.1. The molecule has 2 aromatic heterocycles. The number of benzene rings is 1. The summed E-state index contributed by atoms with van der Waals surface area (Å²) in [5, 5.41) is 12.6. The van der Waals surface area contributed by atoms with Crippen LogP contribution in [0.1, 0.15) is 18.4 Å². The molecule has 0 radical (unpaired) electrons. The summed E-state index contributed by atoms with van der Waals surface area (Å²) in [6.07, 6.45) is 0.268. The van der Waals surface area contributed by atoms with Crippen LogP contribution < -0.4 is 9.80 Å². The number of alkyl halides is 3. The van der Waals surface area contributed by atoms with Crippen molar-refractivity contribution in [1.29, 1.82) is 0 Å². The van der Waals surface area contributed by atoms with Gasteiger partial charge in [-0.15, -0.1) is 10.2 Å². The van der Waals surface area contributed by atoms with Gasteiger partial charge in [-0.2, -0.15) is 18.3 Å². The lowest BCUT2D eigenvalue weighted by Crippen LogP contribution is -2.52. The smallest absolute Gasteiger partial charge is 0.368 e. The number of piperazine rings is 1. The number of hydrogen-bond acceptors (Lipinski definition) is 7. The van der Waals surface area contributed by atoms with Crippen molar-refractivity contribution in [2.75, 3.05) is 49.1 Å². The number of carbonyl (C=O) groups excluding carboxylic acids is 1. The van der Waals surface area contributed by atoms with Gasteiger partial charge in [-0.25, -0.2) is 9.67 Å². The van der Waals surface area contributed by atoms with Gasteiger partial charge in [-0.05, 0) is 43.2 Å². The van der Waals surface area contributed by atoms with Gasteiger partial charge in [0.05, 0.1) is 11.5 Å². The lowest BCUT2D eigenvalue weighted by atomic mass is 9.96. The van der Waals surface area contributed by atoms with Crippen LogP contribution in [0.15, 0.2) is 49.1 Å². The number of piperidine rings is 1. The van der Waals surface area contributed by atoms with Crippen LogP contribution in [0.4, 0.5) is 24.7 Å². The van der Waals surface area contributed by atoms with E-state index in [0.717, 1.165) is 25.5 Å². The maximum Gasteiger partial charge on any atom is 0.416 e. The second-order valence-corrected chi connectivity index (χ2v) is 8.74.